The van der Waals surface area contributed by atoms with E-state index < -0.39 is 6.04 Å². The first-order chi connectivity index (χ1) is 10.5. The Kier molecular flexibility index (Phi) is 5.22. The third-order valence-electron chi connectivity index (χ3n) is 4.29. The molecule has 22 heavy (non-hydrogen) atoms. The lowest BCUT2D eigenvalue weighted by molar-refractivity contribution is -0.126. The van der Waals surface area contributed by atoms with E-state index in [1.807, 2.05) is 24.8 Å². The van der Waals surface area contributed by atoms with Crippen LogP contribution in [0.1, 0.15) is 62.3 Å². The molecule has 0 saturated heterocycles. The number of carbonyl (C=O) groups excluding carboxylic acids is 2. The Balaban J connectivity index is 2.32. The first-order valence-electron chi connectivity index (χ1n) is 8.16. The van der Waals surface area contributed by atoms with Crippen LogP contribution in [0.25, 0.3) is 0 Å². The molecule has 0 spiro atoms. The summed E-state index contributed by atoms with van der Waals surface area (Å²) in [7, 11) is 0. The van der Waals surface area contributed by atoms with Gasteiger partial charge < -0.3 is 10.2 Å². The molecule has 2 amide bonds. The molecule has 1 N–H and O–H groups in total. The number of hydrogen-bond donors (Lipinski definition) is 1. The summed E-state index contributed by atoms with van der Waals surface area (Å²) in [5.41, 5.74) is 4.12. The van der Waals surface area contributed by atoms with Crippen molar-refractivity contribution in [2.45, 2.75) is 59.4 Å². The van der Waals surface area contributed by atoms with E-state index in [1.165, 1.54) is 19.8 Å². The van der Waals surface area contributed by atoms with Gasteiger partial charge in [-0.3, -0.25) is 9.59 Å². The van der Waals surface area contributed by atoms with Gasteiger partial charge in [0, 0.05) is 19.0 Å². The Hall–Kier alpha value is -1.84. The molecule has 0 aromatic heterocycles. The van der Waals surface area contributed by atoms with Gasteiger partial charge in [-0.2, -0.15) is 0 Å². The Bertz CT molecular complexity index is 581. The van der Waals surface area contributed by atoms with E-state index in [0.29, 0.717) is 0 Å². The smallest absolute Gasteiger partial charge is 0.254 e. The quantitative estimate of drug-likeness (QED) is 0.819. The predicted octanol–water partition coefficient (Wildman–Crippen LogP) is 3.41. The van der Waals surface area contributed by atoms with Crippen LogP contribution in [0, 0.1) is 13.8 Å². The Labute approximate surface area is 132 Å². The van der Waals surface area contributed by atoms with Crippen molar-refractivity contribution in [1.29, 1.82) is 0 Å². The molecule has 0 aliphatic carbocycles. The summed E-state index contributed by atoms with van der Waals surface area (Å²) < 4.78 is 0. The zero-order valence-electron chi connectivity index (χ0n) is 14.0. The fourth-order valence-corrected chi connectivity index (χ4v) is 3.19. The fourth-order valence-electron chi connectivity index (χ4n) is 3.19. The van der Waals surface area contributed by atoms with Crippen molar-refractivity contribution in [3.8, 4) is 0 Å². The van der Waals surface area contributed by atoms with Gasteiger partial charge in [-0.05, 0) is 31.4 Å². The highest BCUT2D eigenvalue weighted by Crippen LogP contribution is 2.40. The van der Waals surface area contributed by atoms with Gasteiger partial charge in [0.25, 0.3) is 5.91 Å². The van der Waals surface area contributed by atoms with Crippen LogP contribution in [-0.4, -0.2) is 18.4 Å². The van der Waals surface area contributed by atoms with Crippen molar-refractivity contribution in [3.05, 3.63) is 28.8 Å². The highest BCUT2D eigenvalue weighted by Gasteiger charge is 2.39. The molecular weight excluding hydrogens is 276 g/mol. The standard InChI is InChI=1S/C18H26N2O2/c1-5-6-7-8-11-20-17-13(3)10-9-12(2)15(17)16(18(20)22)19-14(4)21/h9-10,16H,5-8,11H2,1-4H3,(H,19,21). The number of nitrogens with one attached hydrogen (secondary N) is 1. The third-order valence-corrected chi connectivity index (χ3v) is 4.29. The second-order valence-electron chi connectivity index (χ2n) is 6.15. The molecule has 1 heterocycles. The number of amides is 2. The summed E-state index contributed by atoms with van der Waals surface area (Å²) in [6.45, 7) is 8.40. The van der Waals surface area contributed by atoms with Crippen LogP contribution in [0.15, 0.2) is 12.1 Å². The summed E-state index contributed by atoms with van der Waals surface area (Å²) in [6.07, 6.45) is 4.50. The zero-order chi connectivity index (χ0) is 16.3. The maximum atomic E-state index is 12.8. The fraction of sp³-hybridized carbons (Fsp3) is 0.556. The van der Waals surface area contributed by atoms with Gasteiger partial charge >= 0.3 is 0 Å². The second-order valence-corrected chi connectivity index (χ2v) is 6.15. The summed E-state index contributed by atoms with van der Waals surface area (Å²) >= 11 is 0. The van der Waals surface area contributed by atoms with Gasteiger partial charge in [0.05, 0.1) is 5.69 Å². The van der Waals surface area contributed by atoms with Gasteiger partial charge in [0.15, 0.2) is 0 Å². The lowest BCUT2D eigenvalue weighted by Crippen LogP contribution is -2.37. The number of unbranched alkanes of at least 4 members (excludes halogenated alkanes) is 3. The monoisotopic (exact) mass is 302 g/mol. The van der Waals surface area contributed by atoms with E-state index in [4.69, 9.17) is 0 Å². The lowest BCUT2D eigenvalue weighted by atomic mass is 9.99. The minimum atomic E-state index is -0.529. The SMILES string of the molecule is CCCCCCN1C(=O)C(NC(C)=O)c2c(C)ccc(C)c21. The van der Waals surface area contributed by atoms with Crippen molar-refractivity contribution in [3.63, 3.8) is 0 Å². The first kappa shape index (κ1) is 16.5. The number of nitrogens with zero attached hydrogens (tertiary/aromatic N) is 1. The number of carbonyl (C=O) groups is 2. The molecule has 0 bridgehead atoms. The van der Waals surface area contributed by atoms with Crippen molar-refractivity contribution in [2.24, 2.45) is 0 Å². The first-order valence-corrected chi connectivity index (χ1v) is 8.16. The highest BCUT2D eigenvalue weighted by molar-refractivity contribution is 6.07. The topological polar surface area (TPSA) is 49.4 Å². The lowest BCUT2D eigenvalue weighted by Gasteiger charge is -2.19. The Morgan fingerprint density at radius 3 is 2.50 bits per heavy atom. The zero-order valence-corrected chi connectivity index (χ0v) is 14.0. The van der Waals surface area contributed by atoms with Gasteiger partial charge in [0.1, 0.15) is 6.04 Å². The summed E-state index contributed by atoms with van der Waals surface area (Å²) in [6, 6.07) is 3.55. The Morgan fingerprint density at radius 1 is 1.18 bits per heavy atom. The van der Waals surface area contributed by atoms with E-state index in [9.17, 15) is 9.59 Å². The van der Waals surface area contributed by atoms with Crippen LogP contribution in [0.2, 0.25) is 0 Å². The Morgan fingerprint density at radius 2 is 1.86 bits per heavy atom. The minimum Gasteiger partial charge on any atom is -0.341 e. The van der Waals surface area contributed by atoms with E-state index in [2.05, 4.69) is 18.3 Å². The molecule has 0 radical (unpaired) electrons. The molecule has 2 rings (SSSR count). The van der Waals surface area contributed by atoms with E-state index in [0.717, 1.165) is 41.8 Å². The van der Waals surface area contributed by atoms with Gasteiger partial charge in [0.2, 0.25) is 5.91 Å². The van der Waals surface area contributed by atoms with Crippen LogP contribution in [0.3, 0.4) is 0 Å². The molecule has 1 aliphatic rings. The molecule has 1 aliphatic heterocycles. The molecule has 1 atom stereocenters. The number of benzene rings is 1. The van der Waals surface area contributed by atoms with Crippen LogP contribution < -0.4 is 10.2 Å². The molecule has 0 saturated carbocycles. The molecular formula is C18H26N2O2. The molecule has 1 aromatic carbocycles. The van der Waals surface area contributed by atoms with Crippen molar-refractivity contribution < 1.29 is 9.59 Å². The van der Waals surface area contributed by atoms with E-state index in [1.54, 1.807) is 0 Å². The average Bonchev–Trinajstić information content (AvgIpc) is 2.73. The third kappa shape index (κ3) is 3.16. The number of aryl methyl sites for hydroxylation is 2. The van der Waals surface area contributed by atoms with Crippen molar-refractivity contribution in [1.82, 2.24) is 5.32 Å². The summed E-state index contributed by atoms with van der Waals surface area (Å²) in [5, 5.41) is 2.82. The molecule has 4 heteroatoms. The van der Waals surface area contributed by atoms with Crippen LogP contribution in [-0.2, 0) is 9.59 Å². The summed E-state index contributed by atoms with van der Waals surface area (Å²) in [5.74, 6) is -0.169. The number of hydrogen-bond acceptors (Lipinski definition) is 2. The molecule has 1 unspecified atom stereocenters. The minimum absolute atomic E-state index is 0.000835. The second kappa shape index (κ2) is 6.95. The van der Waals surface area contributed by atoms with E-state index in [-0.39, 0.29) is 11.8 Å². The maximum Gasteiger partial charge on any atom is 0.254 e. The molecule has 120 valence electrons. The number of rotatable bonds is 6. The van der Waals surface area contributed by atoms with Crippen LogP contribution in [0.4, 0.5) is 5.69 Å². The molecule has 4 nitrogen and oxygen atoms in total. The van der Waals surface area contributed by atoms with Crippen LogP contribution in [0.5, 0.6) is 0 Å². The van der Waals surface area contributed by atoms with Crippen molar-refractivity contribution >= 4 is 17.5 Å². The largest absolute Gasteiger partial charge is 0.341 e. The summed E-state index contributed by atoms with van der Waals surface area (Å²) in [4.78, 5) is 26.1. The predicted molar refractivity (Wildman–Crippen MR) is 89.0 cm³/mol. The van der Waals surface area contributed by atoms with Gasteiger partial charge in [-0.15, -0.1) is 0 Å². The van der Waals surface area contributed by atoms with Crippen molar-refractivity contribution in [2.75, 3.05) is 11.4 Å². The van der Waals surface area contributed by atoms with Crippen LogP contribution >= 0.6 is 0 Å². The normalized spacial score (nSPS) is 16.8. The van der Waals surface area contributed by atoms with Gasteiger partial charge in [-0.25, -0.2) is 0 Å². The van der Waals surface area contributed by atoms with E-state index >= 15 is 0 Å². The van der Waals surface area contributed by atoms with Gasteiger partial charge in [-0.1, -0.05) is 38.3 Å². The molecule has 1 aromatic rings. The number of anilines is 1. The highest BCUT2D eigenvalue weighted by atomic mass is 16.2. The average molecular weight is 302 g/mol. The number of fused-ring (bicyclic) bond motifs is 1. The molecule has 0 fully saturated rings. The maximum absolute atomic E-state index is 12.8.